The topological polar surface area (TPSA) is 108 Å². The van der Waals surface area contributed by atoms with E-state index in [0.29, 0.717) is 12.2 Å². The van der Waals surface area contributed by atoms with Crippen molar-refractivity contribution in [3.8, 4) is 0 Å². The van der Waals surface area contributed by atoms with Crippen LogP contribution < -0.4 is 11.1 Å². The molecule has 0 aliphatic rings. The summed E-state index contributed by atoms with van der Waals surface area (Å²) in [6.07, 6.45) is -0.796. The van der Waals surface area contributed by atoms with Crippen LogP contribution in [0.5, 0.6) is 0 Å². The molecule has 0 aliphatic carbocycles. The van der Waals surface area contributed by atoms with Gasteiger partial charge >= 0.3 is 11.8 Å². The van der Waals surface area contributed by atoms with Crippen LogP contribution in [0.4, 0.5) is 4.79 Å². The van der Waals surface area contributed by atoms with Gasteiger partial charge in [-0.2, -0.15) is 0 Å². The molecule has 0 aromatic carbocycles. The van der Waals surface area contributed by atoms with Crippen LogP contribution in [0, 0.1) is 5.92 Å². The van der Waals surface area contributed by atoms with Crippen LogP contribution >= 0.6 is 0 Å². The molecule has 1 amide bonds. The number of rotatable bonds is 4. The maximum Gasteiger partial charge on any atom is 0.438 e. The molecule has 0 unspecified atom stereocenters. The minimum absolute atomic E-state index is 0.0984. The number of carboxylic acid groups (broad SMARTS) is 1. The van der Waals surface area contributed by atoms with Crippen molar-refractivity contribution in [1.29, 1.82) is 0 Å². The van der Waals surface area contributed by atoms with Gasteiger partial charge in [0.15, 0.2) is 5.82 Å². The summed E-state index contributed by atoms with van der Waals surface area (Å²) in [7, 11) is 0. The Labute approximate surface area is 85.5 Å². The second kappa shape index (κ2) is 4.63. The van der Waals surface area contributed by atoms with Gasteiger partial charge in [-0.25, -0.2) is 9.59 Å². The van der Waals surface area contributed by atoms with E-state index in [1.165, 1.54) is 0 Å². The molecular formula is C8H13N3O4. The predicted octanol–water partition coefficient (Wildman–Crippen LogP) is 0.198. The first kappa shape index (κ1) is 11.3. The number of aromatic amines is 1. The van der Waals surface area contributed by atoms with Crippen molar-refractivity contribution >= 4 is 6.09 Å². The van der Waals surface area contributed by atoms with Crippen molar-refractivity contribution < 1.29 is 14.4 Å². The number of hydrogen-bond acceptors (Lipinski definition) is 4. The Hall–Kier alpha value is -1.79. The van der Waals surface area contributed by atoms with Crippen LogP contribution in [0.2, 0.25) is 0 Å². The van der Waals surface area contributed by atoms with E-state index >= 15 is 0 Å². The van der Waals surface area contributed by atoms with Crippen LogP contribution in [0.25, 0.3) is 0 Å². The molecule has 1 aromatic heterocycles. The zero-order chi connectivity index (χ0) is 11.4. The Morgan fingerprint density at radius 1 is 1.67 bits per heavy atom. The Bertz CT molecular complexity index is 381. The summed E-state index contributed by atoms with van der Waals surface area (Å²) in [5.41, 5.74) is 0. The van der Waals surface area contributed by atoms with Gasteiger partial charge in [0.1, 0.15) is 0 Å². The van der Waals surface area contributed by atoms with E-state index in [1.807, 2.05) is 13.8 Å². The van der Waals surface area contributed by atoms with Crippen molar-refractivity contribution in [1.82, 2.24) is 15.5 Å². The number of nitrogens with zero attached hydrogens (tertiary/aromatic N) is 1. The lowest BCUT2D eigenvalue weighted by molar-refractivity contribution is 0.185. The average molecular weight is 215 g/mol. The smallest absolute Gasteiger partial charge is 0.438 e. The molecule has 84 valence electrons. The average Bonchev–Trinajstić information content (AvgIpc) is 2.49. The monoisotopic (exact) mass is 215 g/mol. The van der Waals surface area contributed by atoms with Gasteiger partial charge in [0.25, 0.3) is 0 Å². The minimum Gasteiger partial charge on any atom is -0.465 e. The van der Waals surface area contributed by atoms with Gasteiger partial charge in [-0.05, 0) is 5.92 Å². The molecule has 1 heterocycles. The second-order valence-corrected chi connectivity index (χ2v) is 3.55. The Morgan fingerprint density at radius 3 is 2.73 bits per heavy atom. The summed E-state index contributed by atoms with van der Waals surface area (Å²) in [6, 6.07) is -0.303. The van der Waals surface area contributed by atoms with Gasteiger partial charge < -0.3 is 10.4 Å². The number of aromatic nitrogens is 2. The van der Waals surface area contributed by atoms with Gasteiger partial charge in [0.05, 0.1) is 0 Å². The van der Waals surface area contributed by atoms with E-state index in [0.717, 1.165) is 0 Å². The molecule has 0 aliphatic heterocycles. The fraction of sp³-hybridized carbons (Fsp3) is 0.625. The molecule has 3 N–H and O–H groups in total. The highest BCUT2D eigenvalue weighted by atomic mass is 16.5. The van der Waals surface area contributed by atoms with Crippen LogP contribution in [0.3, 0.4) is 0 Å². The Balaban J connectivity index is 2.66. The molecule has 0 saturated heterocycles. The molecule has 0 fully saturated rings. The molecular weight excluding hydrogens is 202 g/mol. The largest absolute Gasteiger partial charge is 0.465 e. The minimum atomic E-state index is -1.10. The lowest BCUT2D eigenvalue weighted by atomic mass is 10.0. The molecule has 15 heavy (non-hydrogen) atoms. The highest BCUT2D eigenvalue weighted by Gasteiger charge is 2.18. The van der Waals surface area contributed by atoms with Crippen molar-refractivity contribution in [2.24, 2.45) is 5.92 Å². The fourth-order valence-corrected chi connectivity index (χ4v) is 1.17. The van der Waals surface area contributed by atoms with E-state index in [-0.39, 0.29) is 12.0 Å². The number of H-pyrrole nitrogens is 1. The lowest BCUT2D eigenvalue weighted by Gasteiger charge is -2.18. The van der Waals surface area contributed by atoms with Gasteiger partial charge in [0.2, 0.25) is 0 Å². The number of carbonyl (C=O) groups is 1. The normalized spacial score (nSPS) is 12.7. The summed E-state index contributed by atoms with van der Waals surface area (Å²) in [5.74, 6) is -0.198. The summed E-state index contributed by atoms with van der Waals surface area (Å²) in [5, 5.41) is 14.4. The zero-order valence-corrected chi connectivity index (χ0v) is 8.48. The summed E-state index contributed by atoms with van der Waals surface area (Å²) >= 11 is 0. The lowest BCUT2D eigenvalue weighted by Crippen LogP contribution is -2.39. The van der Waals surface area contributed by atoms with Crippen molar-refractivity contribution in [2.45, 2.75) is 26.3 Å². The maximum atomic E-state index is 10.6. The Kier molecular flexibility index (Phi) is 3.48. The molecule has 1 atom stereocenters. The zero-order valence-electron chi connectivity index (χ0n) is 8.48. The van der Waals surface area contributed by atoms with E-state index < -0.39 is 11.8 Å². The van der Waals surface area contributed by atoms with E-state index in [1.54, 1.807) is 0 Å². The van der Waals surface area contributed by atoms with Gasteiger partial charge in [-0.1, -0.05) is 19.0 Å². The second-order valence-electron chi connectivity index (χ2n) is 3.55. The number of nitrogens with one attached hydrogen (secondary N) is 2. The predicted molar refractivity (Wildman–Crippen MR) is 50.6 cm³/mol. The summed E-state index contributed by atoms with van der Waals surface area (Å²) in [4.78, 5) is 23.5. The third-order valence-electron chi connectivity index (χ3n) is 2.01. The fourth-order valence-electron chi connectivity index (χ4n) is 1.17. The van der Waals surface area contributed by atoms with Gasteiger partial charge in [0, 0.05) is 12.5 Å². The first-order chi connectivity index (χ1) is 6.99. The van der Waals surface area contributed by atoms with Crippen LogP contribution in [-0.4, -0.2) is 27.4 Å². The first-order valence-corrected chi connectivity index (χ1v) is 4.53. The van der Waals surface area contributed by atoms with E-state index in [9.17, 15) is 9.59 Å². The first-order valence-electron chi connectivity index (χ1n) is 4.53. The Morgan fingerprint density at radius 2 is 2.33 bits per heavy atom. The molecule has 1 rings (SSSR count). The summed E-state index contributed by atoms with van der Waals surface area (Å²) < 4.78 is 4.31. The van der Waals surface area contributed by atoms with Gasteiger partial charge in [-0.15, -0.1) is 0 Å². The van der Waals surface area contributed by atoms with Crippen molar-refractivity contribution in [2.75, 3.05) is 0 Å². The number of amides is 1. The van der Waals surface area contributed by atoms with Crippen LogP contribution in [0.15, 0.2) is 9.32 Å². The molecule has 1 aromatic rings. The molecule has 0 spiro atoms. The quantitative estimate of drug-likeness (QED) is 0.664. The van der Waals surface area contributed by atoms with Crippen LogP contribution in [0.1, 0.15) is 19.7 Å². The molecule has 0 bridgehead atoms. The highest BCUT2D eigenvalue weighted by molar-refractivity contribution is 5.64. The molecule has 7 nitrogen and oxygen atoms in total. The number of hydrogen-bond donors (Lipinski definition) is 3. The third-order valence-corrected chi connectivity index (χ3v) is 2.01. The molecule has 0 radical (unpaired) electrons. The maximum absolute atomic E-state index is 10.6. The molecule has 0 saturated carbocycles. The van der Waals surface area contributed by atoms with Gasteiger partial charge in [-0.3, -0.25) is 9.51 Å². The SMILES string of the molecule is CC(C)[C@H](Cc1noc(=O)[nH]1)NC(=O)O. The highest BCUT2D eigenvalue weighted by Crippen LogP contribution is 2.06. The van der Waals surface area contributed by atoms with Crippen molar-refractivity contribution in [3.63, 3.8) is 0 Å². The third kappa shape index (κ3) is 3.45. The standard InChI is InChI=1S/C8H13N3O4/c1-4(2)5(9-7(12)13)3-6-10-8(14)15-11-6/h4-5,9H,3H2,1-2H3,(H,12,13)(H,10,11,14)/t5-/m0/s1. The molecule has 7 heteroatoms. The van der Waals surface area contributed by atoms with E-state index in [4.69, 9.17) is 5.11 Å². The van der Waals surface area contributed by atoms with Crippen LogP contribution in [-0.2, 0) is 6.42 Å². The van der Waals surface area contributed by atoms with Crippen molar-refractivity contribution in [3.05, 3.63) is 16.4 Å². The summed E-state index contributed by atoms with van der Waals surface area (Å²) in [6.45, 7) is 3.75. The van der Waals surface area contributed by atoms with E-state index in [2.05, 4.69) is 20.0 Å².